The van der Waals surface area contributed by atoms with E-state index < -0.39 is 28.5 Å². The maximum Gasteiger partial charge on any atom is 0.244 e. The summed E-state index contributed by atoms with van der Waals surface area (Å²) < 4.78 is 28.0. The van der Waals surface area contributed by atoms with E-state index in [0.717, 1.165) is 50.1 Å². The predicted octanol–water partition coefficient (Wildman–Crippen LogP) is 5.39. The van der Waals surface area contributed by atoms with Gasteiger partial charge in [-0.15, -0.1) is 0 Å². The molecule has 0 fully saturated rings. The largest absolute Gasteiger partial charge is 0.354 e. The van der Waals surface area contributed by atoms with Gasteiger partial charge >= 0.3 is 0 Å². The van der Waals surface area contributed by atoms with Crippen LogP contribution in [0.3, 0.4) is 0 Å². The van der Waals surface area contributed by atoms with Crippen LogP contribution in [-0.2, 0) is 32.6 Å². The fraction of sp³-hybridized carbons (Fsp3) is 0.355. The van der Waals surface area contributed by atoms with Gasteiger partial charge in [0, 0.05) is 24.0 Å². The number of sulfonamides is 1. The van der Waals surface area contributed by atoms with Gasteiger partial charge in [0.15, 0.2) is 0 Å². The van der Waals surface area contributed by atoms with Gasteiger partial charge in [0.2, 0.25) is 21.8 Å². The molecular weight excluding hydrogens is 590 g/mol. The Kier molecular flexibility index (Phi) is 11.3. The fourth-order valence-corrected chi connectivity index (χ4v) is 5.59. The first-order valence-corrected chi connectivity index (χ1v) is 16.0. The third-order valence-corrected chi connectivity index (χ3v) is 8.33. The second-order valence-corrected chi connectivity index (χ2v) is 12.9. The van der Waals surface area contributed by atoms with Gasteiger partial charge in [-0.3, -0.25) is 13.9 Å². The Morgan fingerprint density at radius 2 is 1.62 bits per heavy atom. The SMILES string of the molecule is CCCCNC(=O)[C@@H](Cc1ccccc1)N(Cc1ccc(Br)cc1)C(=O)CN(c1cc(C)ccc1C)S(C)(=O)=O. The van der Waals surface area contributed by atoms with Crippen molar-refractivity contribution in [3.63, 3.8) is 0 Å². The molecule has 0 spiro atoms. The van der Waals surface area contributed by atoms with E-state index in [1.54, 1.807) is 6.07 Å². The zero-order valence-corrected chi connectivity index (χ0v) is 26.0. The average Bonchev–Trinajstić information content (AvgIpc) is 2.91. The van der Waals surface area contributed by atoms with E-state index in [1.807, 2.05) is 87.5 Å². The number of halogens is 1. The van der Waals surface area contributed by atoms with Crippen molar-refractivity contribution < 1.29 is 18.0 Å². The van der Waals surface area contributed by atoms with Gasteiger partial charge in [-0.1, -0.05) is 83.9 Å². The molecule has 0 bridgehead atoms. The van der Waals surface area contributed by atoms with Gasteiger partial charge in [-0.25, -0.2) is 8.42 Å². The number of unbranched alkanes of at least 4 members (excludes halogenated alkanes) is 1. The molecule has 0 aromatic heterocycles. The minimum Gasteiger partial charge on any atom is -0.354 e. The summed E-state index contributed by atoms with van der Waals surface area (Å²) in [6, 6.07) is 21.7. The number of nitrogens with one attached hydrogen (secondary N) is 1. The maximum atomic E-state index is 14.1. The molecule has 0 unspecified atom stereocenters. The number of carbonyl (C=O) groups is 2. The fourth-order valence-electron chi connectivity index (χ4n) is 4.43. The number of amides is 2. The van der Waals surface area contributed by atoms with Crippen molar-refractivity contribution in [3.8, 4) is 0 Å². The third kappa shape index (κ3) is 8.93. The molecule has 1 N–H and O–H groups in total. The van der Waals surface area contributed by atoms with E-state index in [2.05, 4.69) is 21.2 Å². The van der Waals surface area contributed by atoms with Gasteiger partial charge in [0.25, 0.3) is 0 Å². The monoisotopic (exact) mass is 627 g/mol. The Hall–Kier alpha value is -3.17. The zero-order valence-electron chi connectivity index (χ0n) is 23.6. The smallest absolute Gasteiger partial charge is 0.244 e. The number of carbonyl (C=O) groups excluding carboxylic acids is 2. The first-order chi connectivity index (χ1) is 19.0. The molecule has 7 nitrogen and oxygen atoms in total. The molecular formula is C31H38BrN3O4S. The van der Waals surface area contributed by atoms with E-state index in [9.17, 15) is 18.0 Å². The van der Waals surface area contributed by atoms with E-state index in [4.69, 9.17) is 0 Å². The van der Waals surface area contributed by atoms with Crippen molar-refractivity contribution in [2.24, 2.45) is 0 Å². The van der Waals surface area contributed by atoms with Crippen molar-refractivity contribution in [1.82, 2.24) is 10.2 Å². The van der Waals surface area contributed by atoms with Crippen LogP contribution in [0.25, 0.3) is 0 Å². The average molecular weight is 629 g/mol. The Morgan fingerprint density at radius 1 is 0.950 bits per heavy atom. The molecule has 0 radical (unpaired) electrons. The molecule has 1 atom stereocenters. The van der Waals surface area contributed by atoms with Crippen LogP contribution in [0, 0.1) is 13.8 Å². The van der Waals surface area contributed by atoms with Gasteiger partial charge in [-0.2, -0.15) is 0 Å². The van der Waals surface area contributed by atoms with Gasteiger partial charge in [-0.05, 0) is 60.7 Å². The van der Waals surface area contributed by atoms with Crippen molar-refractivity contribution in [2.75, 3.05) is 23.7 Å². The molecule has 0 aliphatic heterocycles. The highest BCUT2D eigenvalue weighted by Crippen LogP contribution is 2.25. The Balaban J connectivity index is 2.05. The van der Waals surface area contributed by atoms with Crippen LogP contribution in [0.15, 0.2) is 77.3 Å². The van der Waals surface area contributed by atoms with Crippen molar-refractivity contribution in [3.05, 3.63) is 99.5 Å². The molecule has 0 saturated heterocycles. The molecule has 0 saturated carbocycles. The number of anilines is 1. The minimum atomic E-state index is -3.81. The Bertz CT molecular complexity index is 1400. The van der Waals surface area contributed by atoms with Crippen LogP contribution in [0.4, 0.5) is 5.69 Å². The summed E-state index contributed by atoms with van der Waals surface area (Å²) in [5.41, 5.74) is 3.80. The number of hydrogen-bond donors (Lipinski definition) is 1. The van der Waals surface area contributed by atoms with Crippen LogP contribution in [0.5, 0.6) is 0 Å². The maximum absolute atomic E-state index is 14.1. The summed E-state index contributed by atoms with van der Waals surface area (Å²) in [6.07, 6.45) is 3.13. The Morgan fingerprint density at radius 3 is 2.25 bits per heavy atom. The van der Waals surface area contributed by atoms with E-state index >= 15 is 0 Å². The highest BCUT2D eigenvalue weighted by atomic mass is 79.9. The molecule has 0 aliphatic carbocycles. The molecule has 40 heavy (non-hydrogen) atoms. The van der Waals surface area contributed by atoms with Crippen molar-refractivity contribution in [2.45, 2.75) is 52.6 Å². The predicted molar refractivity (Wildman–Crippen MR) is 165 cm³/mol. The minimum absolute atomic E-state index is 0.148. The summed E-state index contributed by atoms with van der Waals surface area (Å²) in [4.78, 5) is 29.3. The molecule has 9 heteroatoms. The lowest BCUT2D eigenvalue weighted by atomic mass is 10.0. The standard InChI is InChI=1S/C31H38BrN3O4S/c1-5-6-18-33-31(37)29(20-25-10-8-7-9-11-25)34(21-26-14-16-27(32)17-15-26)30(36)22-35(40(4,38)39)28-19-23(2)12-13-24(28)3/h7-17,19,29H,5-6,18,20-22H2,1-4H3,(H,33,37)/t29-/m1/s1. The third-order valence-electron chi connectivity index (χ3n) is 6.68. The highest BCUT2D eigenvalue weighted by molar-refractivity contribution is 9.10. The lowest BCUT2D eigenvalue weighted by Crippen LogP contribution is -2.53. The Labute approximate surface area is 246 Å². The summed E-state index contributed by atoms with van der Waals surface area (Å²) in [5.74, 6) is -0.721. The first kappa shape index (κ1) is 31.4. The first-order valence-electron chi connectivity index (χ1n) is 13.4. The van der Waals surface area contributed by atoms with Gasteiger partial charge in [0.05, 0.1) is 11.9 Å². The van der Waals surface area contributed by atoms with E-state index in [1.165, 1.54) is 4.90 Å². The molecule has 214 valence electrons. The summed E-state index contributed by atoms with van der Waals surface area (Å²) in [5, 5.41) is 2.99. The highest BCUT2D eigenvalue weighted by Gasteiger charge is 2.33. The van der Waals surface area contributed by atoms with Crippen molar-refractivity contribution >= 4 is 43.5 Å². The molecule has 3 rings (SSSR count). The number of rotatable bonds is 13. The molecule has 3 aromatic carbocycles. The summed E-state index contributed by atoms with van der Waals surface area (Å²) in [7, 11) is -3.81. The van der Waals surface area contributed by atoms with Crippen LogP contribution in [0.1, 0.15) is 42.0 Å². The lowest BCUT2D eigenvalue weighted by molar-refractivity contribution is -0.140. The van der Waals surface area contributed by atoms with Gasteiger partial charge in [0.1, 0.15) is 12.6 Å². The summed E-state index contributed by atoms with van der Waals surface area (Å²) in [6.45, 7) is 5.96. The number of nitrogens with zero attached hydrogens (tertiary/aromatic N) is 2. The number of hydrogen-bond acceptors (Lipinski definition) is 4. The second-order valence-electron chi connectivity index (χ2n) is 10.1. The van der Waals surface area contributed by atoms with Gasteiger partial charge < -0.3 is 10.2 Å². The topological polar surface area (TPSA) is 86.8 Å². The zero-order chi connectivity index (χ0) is 29.3. The quantitative estimate of drug-likeness (QED) is 0.258. The molecule has 0 heterocycles. The van der Waals surface area contributed by atoms with E-state index in [0.29, 0.717) is 18.7 Å². The molecule has 2 amide bonds. The molecule has 3 aromatic rings. The van der Waals surface area contributed by atoms with Crippen LogP contribution < -0.4 is 9.62 Å². The second kappa shape index (κ2) is 14.5. The lowest BCUT2D eigenvalue weighted by Gasteiger charge is -2.34. The van der Waals surface area contributed by atoms with E-state index in [-0.39, 0.29) is 12.5 Å². The number of aryl methyl sites for hydroxylation is 2. The van der Waals surface area contributed by atoms with Crippen LogP contribution >= 0.6 is 15.9 Å². The summed E-state index contributed by atoms with van der Waals surface area (Å²) >= 11 is 3.45. The van der Waals surface area contributed by atoms with Crippen LogP contribution in [0.2, 0.25) is 0 Å². The normalized spacial score (nSPS) is 12.0. The van der Waals surface area contributed by atoms with Crippen LogP contribution in [-0.4, -0.2) is 50.5 Å². The molecule has 0 aliphatic rings. The number of benzene rings is 3. The van der Waals surface area contributed by atoms with Crippen molar-refractivity contribution in [1.29, 1.82) is 0 Å².